The molecule has 0 radical (unpaired) electrons. The van der Waals surface area contributed by atoms with Crippen molar-refractivity contribution in [3.63, 3.8) is 0 Å². The maximum absolute atomic E-state index is 11.5. The van der Waals surface area contributed by atoms with Crippen LogP contribution in [0.3, 0.4) is 0 Å². The molecule has 1 amide bonds. The quantitative estimate of drug-likeness (QED) is 0.558. The van der Waals surface area contributed by atoms with Gasteiger partial charge in [-0.05, 0) is 32.0 Å². The Hall–Kier alpha value is -2.69. The first-order valence-electron chi connectivity index (χ1n) is 8.08. The molecular weight excluding hydrogens is 350 g/mol. The molecule has 1 aromatic carbocycles. The van der Waals surface area contributed by atoms with Gasteiger partial charge in [0.2, 0.25) is 0 Å². The summed E-state index contributed by atoms with van der Waals surface area (Å²) >= 11 is 1.29. The fourth-order valence-electron chi connectivity index (χ4n) is 2.46. The largest absolute Gasteiger partial charge is 0.492 e. The average Bonchev–Trinajstić information content (AvgIpc) is 2.99. The van der Waals surface area contributed by atoms with E-state index in [1.165, 1.54) is 25.2 Å². The molecule has 134 valence electrons. The zero-order chi connectivity index (χ0) is 19.1. The van der Waals surface area contributed by atoms with E-state index in [1.807, 2.05) is 13.0 Å². The van der Waals surface area contributed by atoms with E-state index >= 15 is 0 Å². The molecule has 2 aromatic rings. The number of nitrogens with one attached hydrogen (secondary N) is 1. The van der Waals surface area contributed by atoms with Gasteiger partial charge in [-0.3, -0.25) is 4.79 Å². The van der Waals surface area contributed by atoms with Crippen LogP contribution in [-0.2, 0) is 0 Å². The summed E-state index contributed by atoms with van der Waals surface area (Å²) in [5.74, 6) is 5.79. The van der Waals surface area contributed by atoms with Crippen molar-refractivity contribution in [1.29, 1.82) is 5.41 Å². The van der Waals surface area contributed by atoms with Crippen LogP contribution in [0.25, 0.3) is 11.3 Å². The standard InChI is InChI=1S/C19H19N3O3S/c1-10-9-25-14-5-4-12(6-7-19(3,24)11(2)20)8-13(14)15-16(10)26-18(22-15)17(21)23/h4-5,8,10,20,24H,9H2,1-3H3,(H2,21,23). The van der Waals surface area contributed by atoms with Crippen LogP contribution in [0.5, 0.6) is 5.75 Å². The third-order valence-electron chi connectivity index (χ3n) is 4.22. The average molecular weight is 369 g/mol. The highest BCUT2D eigenvalue weighted by Crippen LogP contribution is 2.41. The van der Waals surface area contributed by atoms with Crippen LogP contribution >= 0.6 is 11.3 Å². The van der Waals surface area contributed by atoms with Gasteiger partial charge in [0.15, 0.2) is 10.6 Å². The molecule has 2 heterocycles. The lowest BCUT2D eigenvalue weighted by Gasteiger charge is -2.13. The Kier molecular flexibility index (Phi) is 4.57. The van der Waals surface area contributed by atoms with Gasteiger partial charge >= 0.3 is 0 Å². The number of carbonyl (C=O) groups excluding carboxylic acids is 1. The van der Waals surface area contributed by atoms with E-state index in [4.69, 9.17) is 15.9 Å². The van der Waals surface area contributed by atoms with Crippen LogP contribution in [0, 0.1) is 17.3 Å². The molecule has 2 atom stereocenters. The molecule has 0 fully saturated rings. The maximum Gasteiger partial charge on any atom is 0.277 e. The molecule has 6 nitrogen and oxygen atoms in total. The molecule has 0 aliphatic carbocycles. The number of benzene rings is 1. The predicted octanol–water partition coefficient (Wildman–Crippen LogP) is 2.55. The second kappa shape index (κ2) is 6.56. The Morgan fingerprint density at radius 1 is 1.54 bits per heavy atom. The van der Waals surface area contributed by atoms with Gasteiger partial charge in [-0.1, -0.05) is 18.8 Å². The molecule has 26 heavy (non-hydrogen) atoms. The number of fused-ring (bicyclic) bond motifs is 3. The van der Waals surface area contributed by atoms with Crippen LogP contribution < -0.4 is 10.5 Å². The van der Waals surface area contributed by atoms with E-state index in [0.717, 1.165) is 10.4 Å². The molecule has 4 N–H and O–H groups in total. The Bertz CT molecular complexity index is 966. The summed E-state index contributed by atoms with van der Waals surface area (Å²) in [4.78, 5) is 16.9. The second-order valence-electron chi connectivity index (χ2n) is 6.47. The number of rotatable bonds is 2. The molecule has 1 aromatic heterocycles. The molecule has 3 rings (SSSR count). The van der Waals surface area contributed by atoms with Crippen molar-refractivity contribution < 1.29 is 14.6 Å². The molecular formula is C19H19N3O3S. The number of ether oxygens (including phenoxy) is 1. The molecule has 0 saturated heterocycles. The third-order valence-corrected chi connectivity index (χ3v) is 5.52. The Balaban J connectivity index is 2.11. The summed E-state index contributed by atoms with van der Waals surface area (Å²) in [7, 11) is 0. The van der Waals surface area contributed by atoms with E-state index < -0.39 is 11.5 Å². The second-order valence-corrected chi connectivity index (χ2v) is 7.50. The van der Waals surface area contributed by atoms with Gasteiger partial charge < -0.3 is 21.0 Å². The molecule has 1 aliphatic rings. The highest BCUT2D eigenvalue weighted by atomic mass is 32.1. The van der Waals surface area contributed by atoms with Crippen molar-refractivity contribution >= 4 is 23.0 Å². The number of nitrogens with zero attached hydrogens (tertiary/aromatic N) is 1. The minimum absolute atomic E-state index is 0.0739. The van der Waals surface area contributed by atoms with Crippen molar-refractivity contribution in [2.45, 2.75) is 32.3 Å². The number of primary amides is 1. The van der Waals surface area contributed by atoms with Crippen molar-refractivity contribution in [3.05, 3.63) is 33.6 Å². The minimum atomic E-state index is -1.48. The first-order valence-corrected chi connectivity index (χ1v) is 8.89. The van der Waals surface area contributed by atoms with Crippen LogP contribution in [0.15, 0.2) is 18.2 Å². The number of amides is 1. The van der Waals surface area contributed by atoms with Gasteiger partial charge in [-0.2, -0.15) is 0 Å². The lowest BCUT2D eigenvalue weighted by atomic mass is 10.0. The summed E-state index contributed by atoms with van der Waals surface area (Å²) in [6, 6.07) is 5.41. The predicted molar refractivity (Wildman–Crippen MR) is 101 cm³/mol. The van der Waals surface area contributed by atoms with Gasteiger partial charge in [-0.15, -0.1) is 11.3 Å². The monoisotopic (exact) mass is 369 g/mol. The normalized spacial score (nSPS) is 17.5. The van der Waals surface area contributed by atoms with Gasteiger partial charge in [0, 0.05) is 27.6 Å². The van der Waals surface area contributed by atoms with Crippen LogP contribution in [0.4, 0.5) is 0 Å². The van der Waals surface area contributed by atoms with Crippen LogP contribution in [0.2, 0.25) is 0 Å². The van der Waals surface area contributed by atoms with E-state index in [2.05, 4.69) is 16.8 Å². The third kappa shape index (κ3) is 3.34. The summed E-state index contributed by atoms with van der Waals surface area (Å²) in [5.41, 5.74) is 6.06. The first-order chi connectivity index (χ1) is 12.2. The summed E-state index contributed by atoms with van der Waals surface area (Å²) in [5, 5.41) is 18.0. The Labute approximate surface area is 155 Å². The van der Waals surface area contributed by atoms with Gasteiger partial charge in [0.05, 0.1) is 12.3 Å². The Morgan fingerprint density at radius 2 is 2.27 bits per heavy atom. The van der Waals surface area contributed by atoms with Crippen molar-refractivity contribution in [1.82, 2.24) is 4.98 Å². The summed E-state index contributed by atoms with van der Waals surface area (Å²) in [6.07, 6.45) is 0. The zero-order valence-corrected chi connectivity index (χ0v) is 15.5. The molecule has 2 unspecified atom stereocenters. The van der Waals surface area contributed by atoms with E-state index in [9.17, 15) is 9.90 Å². The molecule has 0 spiro atoms. The SMILES string of the molecule is CC(=N)C(C)(O)C#Cc1ccc2c(c1)-c1nc(C(N)=O)sc1C(C)CO2. The lowest BCUT2D eigenvalue weighted by Crippen LogP contribution is -2.30. The lowest BCUT2D eigenvalue weighted by molar-refractivity contribution is 0.1000. The van der Waals surface area contributed by atoms with Gasteiger partial charge in [0.1, 0.15) is 5.75 Å². The number of aliphatic hydroxyl groups is 1. The number of hydrogen-bond donors (Lipinski definition) is 3. The summed E-state index contributed by atoms with van der Waals surface area (Å²) < 4.78 is 5.86. The topological polar surface area (TPSA) is 109 Å². The smallest absolute Gasteiger partial charge is 0.277 e. The van der Waals surface area contributed by atoms with E-state index in [0.29, 0.717) is 23.6 Å². The fourth-order valence-corrected chi connectivity index (χ4v) is 3.43. The Morgan fingerprint density at radius 3 is 2.92 bits per heavy atom. The van der Waals surface area contributed by atoms with Crippen molar-refractivity contribution in [3.8, 4) is 28.8 Å². The molecule has 0 bridgehead atoms. The van der Waals surface area contributed by atoms with Crippen molar-refractivity contribution in [2.75, 3.05) is 6.61 Å². The highest BCUT2D eigenvalue weighted by Gasteiger charge is 2.26. The number of nitrogens with two attached hydrogens (primary N) is 1. The maximum atomic E-state index is 11.5. The molecule has 1 aliphatic heterocycles. The van der Waals surface area contributed by atoms with E-state index in [1.54, 1.807) is 12.1 Å². The van der Waals surface area contributed by atoms with Gasteiger partial charge in [0.25, 0.3) is 5.91 Å². The molecule has 0 saturated carbocycles. The van der Waals surface area contributed by atoms with Crippen LogP contribution in [0.1, 0.15) is 46.9 Å². The summed E-state index contributed by atoms with van der Waals surface area (Å²) in [6.45, 7) is 5.48. The number of aromatic nitrogens is 1. The highest BCUT2D eigenvalue weighted by molar-refractivity contribution is 7.14. The van der Waals surface area contributed by atoms with Crippen molar-refractivity contribution in [2.24, 2.45) is 5.73 Å². The van der Waals surface area contributed by atoms with Gasteiger partial charge in [-0.25, -0.2) is 4.98 Å². The minimum Gasteiger partial charge on any atom is -0.492 e. The number of carbonyl (C=O) groups is 1. The van der Waals surface area contributed by atoms with E-state index in [-0.39, 0.29) is 16.6 Å². The zero-order valence-electron chi connectivity index (χ0n) is 14.7. The molecule has 7 heteroatoms. The van der Waals surface area contributed by atoms with Crippen LogP contribution in [-0.4, -0.2) is 33.9 Å². The number of hydrogen-bond acceptors (Lipinski definition) is 6. The first kappa shape index (κ1) is 18.1. The fraction of sp³-hybridized carbons (Fsp3) is 0.316. The number of thiazole rings is 1.